The van der Waals surface area contributed by atoms with E-state index in [-0.39, 0.29) is 11.6 Å². The van der Waals surface area contributed by atoms with Crippen molar-refractivity contribution in [1.29, 1.82) is 0 Å². The molecule has 0 aliphatic carbocycles. The van der Waals surface area contributed by atoms with Crippen molar-refractivity contribution in [2.24, 2.45) is 0 Å². The lowest BCUT2D eigenvalue weighted by molar-refractivity contribution is -0.116. The van der Waals surface area contributed by atoms with Crippen LogP contribution in [0.25, 0.3) is 21.9 Å². The Morgan fingerprint density at radius 3 is 2.54 bits per heavy atom. The molecule has 1 aromatic heterocycles. The quantitative estimate of drug-likeness (QED) is 0.535. The lowest BCUT2D eigenvalue weighted by atomic mass is 10.1. The summed E-state index contributed by atoms with van der Waals surface area (Å²) >= 11 is 0. The van der Waals surface area contributed by atoms with Crippen molar-refractivity contribution in [1.82, 2.24) is 0 Å². The third-order valence-corrected chi connectivity index (χ3v) is 4.28. The molecule has 1 heterocycles. The van der Waals surface area contributed by atoms with E-state index in [9.17, 15) is 9.18 Å². The lowest BCUT2D eigenvalue weighted by Gasteiger charge is -2.15. The van der Waals surface area contributed by atoms with Gasteiger partial charge < -0.3 is 15.1 Å². The van der Waals surface area contributed by atoms with Gasteiger partial charge in [-0.3, -0.25) is 4.79 Å². The zero-order chi connectivity index (χ0) is 18.1. The molecular weight excluding hydrogens is 331 g/mol. The number of carbonyl (C=O) groups excluding carboxylic acids is 1. The van der Waals surface area contributed by atoms with Crippen LogP contribution >= 0.6 is 0 Å². The molecule has 0 aliphatic heterocycles. The van der Waals surface area contributed by atoms with Gasteiger partial charge in [-0.25, -0.2) is 4.39 Å². The van der Waals surface area contributed by atoms with Crippen molar-refractivity contribution < 1.29 is 13.6 Å². The van der Waals surface area contributed by atoms with Crippen LogP contribution in [0.1, 0.15) is 6.92 Å². The van der Waals surface area contributed by atoms with Crippen molar-refractivity contribution in [3.63, 3.8) is 0 Å². The number of fused-ring (bicyclic) bond motifs is 3. The van der Waals surface area contributed by atoms with Crippen LogP contribution in [0.15, 0.2) is 71.1 Å². The summed E-state index contributed by atoms with van der Waals surface area (Å²) in [6.45, 7) is 1.73. The molecule has 1 amide bonds. The van der Waals surface area contributed by atoms with Gasteiger partial charge in [-0.15, -0.1) is 0 Å². The highest BCUT2D eigenvalue weighted by atomic mass is 19.1. The van der Waals surface area contributed by atoms with Gasteiger partial charge in [0.05, 0.1) is 5.69 Å². The first-order valence-corrected chi connectivity index (χ1v) is 8.35. The summed E-state index contributed by atoms with van der Waals surface area (Å²) in [7, 11) is 0. The first-order valence-electron chi connectivity index (χ1n) is 8.35. The molecule has 5 heteroatoms. The molecule has 0 saturated carbocycles. The maximum atomic E-state index is 13.7. The van der Waals surface area contributed by atoms with E-state index in [0.717, 1.165) is 27.6 Å². The van der Waals surface area contributed by atoms with E-state index in [1.807, 2.05) is 42.5 Å². The summed E-state index contributed by atoms with van der Waals surface area (Å²) in [5.41, 5.74) is 2.58. The third kappa shape index (κ3) is 2.99. The van der Waals surface area contributed by atoms with Gasteiger partial charge in [-0.05, 0) is 43.3 Å². The van der Waals surface area contributed by atoms with Gasteiger partial charge in [0.25, 0.3) is 0 Å². The SMILES string of the molecule is C[C@@H](Nc1ccc2oc3ccccc3c2c1)C(=O)Nc1ccccc1F. The van der Waals surface area contributed by atoms with Crippen molar-refractivity contribution in [2.75, 3.05) is 10.6 Å². The van der Waals surface area contributed by atoms with Crippen LogP contribution in [-0.4, -0.2) is 11.9 Å². The fourth-order valence-electron chi connectivity index (χ4n) is 2.93. The molecule has 0 bridgehead atoms. The fraction of sp³-hybridized carbons (Fsp3) is 0.0952. The minimum atomic E-state index is -0.537. The van der Waals surface area contributed by atoms with Crippen LogP contribution in [0.2, 0.25) is 0 Å². The Kier molecular flexibility index (Phi) is 4.05. The highest BCUT2D eigenvalue weighted by Gasteiger charge is 2.15. The number of furan rings is 1. The Hall–Kier alpha value is -3.34. The van der Waals surface area contributed by atoms with Crippen LogP contribution in [0.4, 0.5) is 15.8 Å². The maximum Gasteiger partial charge on any atom is 0.246 e. The maximum absolute atomic E-state index is 13.7. The lowest BCUT2D eigenvalue weighted by Crippen LogP contribution is -2.32. The number of para-hydroxylation sites is 2. The molecule has 0 spiro atoms. The molecule has 26 heavy (non-hydrogen) atoms. The minimum absolute atomic E-state index is 0.169. The second kappa shape index (κ2) is 6.52. The summed E-state index contributed by atoms with van der Waals surface area (Å²) < 4.78 is 19.5. The van der Waals surface area contributed by atoms with Crippen LogP contribution < -0.4 is 10.6 Å². The summed E-state index contributed by atoms with van der Waals surface area (Å²) in [6.07, 6.45) is 0. The summed E-state index contributed by atoms with van der Waals surface area (Å²) in [5, 5.41) is 7.75. The van der Waals surface area contributed by atoms with Gasteiger partial charge in [0.1, 0.15) is 23.0 Å². The van der Waals surface area contributed by atoms with Crippen LogP contribution in [-0.2, 0) is 4.79 Å². The van der Waals surface area contributed by atoms with E-state index in [1.54, 1.807) is 19.1 Å². The molecule has 0 unspecified atom stereocenters. The molecule has 0 radical (unpaired) electrons. The Bertz CT molecular complexity index is 1100. The van der Waals surface area contributed by atoms with E-state index >= 15 is 0 Å². The Morgan fingerprint density at radius 1 is 0.962 bits per heavy atom. The molecule has 3 aromatic carbocycles. The molecule has 4 rings (SSSR count). The molecule has 2 N–H and O–H groups in total. The average Bonchev–Trinajstić information content (AvgIpc) is 3.01. The monoisotopic (exact) mass is 348 g/mol. The zero-order valence-electron chi connectivity index (χ0n) is 14.1. The number of hydrogen-bond acceptors (Lipinski definition) is 3. The van der Waals surface area contributed by atoms with E-state index in [1.165, 1.54) is 12.1 Å². The van der Waals surface area contributed by atoms with Crippen LogP contribution in [0.3, 0.4) is 0 Å². The van der Waals surface area contributed by atoms with Crippen molar-refractivity contribution in [3.8, 4) is 0 Å². The number of nitrogens with one attached hydrogen (secondary N) is 2. The molecule has 1 atom stereocenters. The van der Waals surface area contributed by atoms with E-state index in [0.29, 0.717) is 0 Å². The smallest absolute Gasteiger partial charge is 0.246 e. The normalized spacial score (nSPS) is 12.2. The van der Waals surface area contributed by atoms with Crippen LogP contribution in [0, 0.1) is 5.82 Å². The second-order valence-electron chi connectivity index (χ2n) is 6.14. The zero-order valence-corrected chi connectivity index (χ0v) is 14.1. The highest BCUT2D eigenvalue weighted by molar-refractivity contribution is 6.06. The van der Waals surface area contributed by atoms with Gasteiger partial charge in [0.15, 0.2) is 0 Å². The van der Waals surface area contributed by atoms with E-state index in [4.69, 9.17) is 4.42 Å². The number of hydrogen-bond donors (Lipinski definition) is 2. The number of halogens is 1. The van der Waals surface area contributed by atoms with Gasteiger partial charge in [0.2, 0.25) is 5.91 Å². The number of rotatable bonds is 4. The number of carbonyl (C=O) groups is 1. The fourth-order valence-corrected chi connectivity index (χ4v) is 2.93. The molecule has 130 valence electrons. The first-order chi connectivity index (χ1) is 12.6. The Labute approximate surface area is 149 Å². The van der Waals surface area contributed by atoms with E-state index in [2.05, 4.69) is 10.6 Å². The number of amides is 1. The average molecular weight is 348 g/mol. The molecular formula is C21H17FN2O2. The van der Waals surface area contributed by atoms with E-state index < -0.39 is 11.9 Å². The molecule has 0 aliphatic rings. The highest BCUT2D eigenvalue weighted by Crippen LogP contribution is 2.30. The number of benzene rings is 3. The second-order valence-corrected chi connectivity index (χ2v) is 6.14. The third-order valence-electron chi connectivity index (χ3n) is 4.28. The first kappa shape index (κ1) is 16.1. The van der Waals surface area contributed by atoms with Crippen molar-refractivity contribution >= 4 is 39.2 Å². The molecule has 4 nitrogen and oxygen atoms in total. The van der Waals surface area contributed by atoms with Gasteiger partial charge in [0, 0.05) is 16.5 Å². The Balaban J connectivity index is 1.55. The van der Waals surface area contributed by atoms with Crippen molar-refractivity contribution in [2.45, 2.75) is 13.0 Å². The standard InChI is InChI=1S/C21H17FN2O2/c1-13(21(25)24-18-8-4-3-7-17(18)22)23-14-10-11-20-16(12-14)15-6-2-5-9-19(15)26-20/h2-13,23H,1H3,(H,24,25)/t13-/m1/s1. The summed E-state index contributed by atoms with van der Waals surface area (Å²) in [5.74, 6) is -0.772. The van der Waals surface area contributed by atoms with Crippen molar-refractivity contribution in [3.05, 3.63) is 72.5 Å². The largest absolute Gasteiger partial charge is 0.456 e. The Morgan fingerprint density at radius 2 is 1.69 bits per heavy atom. The molecule has 0 fully saturated rings. The minimum Gasteiger partial charge on any atom is -0.456 e. The van der Waals surface area contributed by atoms with Gasteiger partial charge in [-0.1, -0.05) is 30.3 Å². The summed E-state index contributed by atoms with van der Waals surface area (Å²) in [4.78, 5) is 12.3. The number of anilines is 2. The predicted molar refractivity (Wildman–Crippen MR) is 102 cm³/mol. The molecule has 4 aromatic rings. The van der Waals surface area contributed by atoms with Gasteiger partial charge in [-0.2, -0.15) is 0 Å². The molecule has 0 saturated heterocycles. The van der Waals surface area contributed by atoms with Crippen LogP contribution in [0.5, 0.6) is 0 Å². The topological polar surface area (TPSA) is 54.3 Å². The van der Waals surface area contributed by atoms with Gasteiger partial charge >= 0.3 is 0 Å². The predicted octanol–water partition coefficient (Wildman–Crippen LogP) is 5.16. The summed E-state index contributed by atoms with van der Waals surface area (Å²) in [6, 6.07) is 19.1.